The molecule has 0 bridgehead atoms. The Kier molecular flexibility index (Phi) is 3.30. The van der Waals surface area contributed by atoms with Crippen molar-refractivity contribution in [1.82, 2.24) is 20.2 Å². The Morgan fingerprint density at radius 3 is 3.11 bits per heavy atom. The number of para-hydroxylation sites is 1. The molecule has 96 valence electrons. The fourth-order valence-electron chi connectivity index (χ4n) is 2.57. The van der Waals surface area contributed by atoms with Gasteiger partial charge in [0.15, 0.2) is 0 Å². The van der Waals surface area contributed by atoms with Gasteiger partial charge >= 0.3 is 0 Å². The number of aromatic amines is 1. The zero-order valence-electron chi connectivity index (χ0n) is 10.9. The maximum absolute atomic E-state index is 4.72. The summed E-state index contributed by atoms with van der Waals surface area (Å²) in [5.41, 5.74) is 3.51. The van der Waals surface area contributed by atoms with E-state index < -0.39 is 0 Å². The molecule has 1 aliphatic heterocycles. The van der Waals surface area contributed by atoms with Crippen LogP contribution in [0.4, 0.5) is 0 Å². The highest BCUT2D eigenvalue weighted by Gasteiger charge is 2.11. The zero-order chi connectivity index (χ0) is 12.4. The number of nitrogens with one attached hydrogen (secondary N) is 2. The van der Waals surface area contributed by atoms with Crippen molar-refractivity contribution >= 4 is 11.0 Å². The Morgan fingerprint density at radius 2 is 2.22 bits per heavy atom. The van der Waals surface area contributed by atoms with E-state index in [4.69, 9.17) is 4.98 Å². The summed E-state index contributed by atoms with van der Waals surface area (Å²) < 4.78 is 0. The van der Waals surface area contributed by atoms with Gasteiger partial charge < -0.3 is 10.3 Å². The fraction of sp³-hybridized carbons (Fsp3) is 0.500. The summed E-state index contributed by atoms with van der Waals surface area (Å²) in [4.78, 5) is 10.6. The molecule has 2 aromatic rings. The van der Waals surface area contributed by atoms with E-state index in [2.05, 4.69) is 40.3 Å². The number of hydrogen-bond donors (Lipinski definition) is 2. The van der Waals surface area contributed by atoms with Crippen LogP contribution < -0.4 is 5.32 Å². The molecule has 2 heterocycles. The van der Waals surface area contributed by atoms with Gasteiger partial charge in [-0.05, 0) is 38.1 Å². The van der Waals surface area contributed by atoms with Crippen LogP contribution in [0, 0.1) is 6.92 Å². The summed E-state index contributed by atoms with van der Waals surface area (Å²) in [6, 6.07) is 6.29. The van der Waals surface area contributed by atoms with E-state index in [-0.39, 0.29) is 0 Å². The first kappa shape index (κ1) is 11.7. The highest BCUT2D eigenvalue weighted by Crippen LogP contribution is 2.16. The van der Waals surface area contributed by atoms with Gasteiger partial charge in [-0.1, -0.05) is 12.1 Å². The maximum Gasteiger partial charge on any atom is 0.121 e. The molecule has 0 aliphatic carbocycles. The highest BCUT2D eigenvalue weighted by molar-refractivity contribution is 5.78. The van der Waals surface area contributed by atoms with E-state index in [1.54, 1.807) is 0 Å². The van der Waals surface area contributed by atoms with Gasteiger partial charge in [-0.25, -0.2) is 4.98 Å². The number of aryl methyl sites for hydroxylation is 1. The number of nitrogens with zero attached hydrogens (tertiary/aromatic N) is 2. The van der Waals surface area contributed by atoms with Gasteiger partial charge in [-0.3, -0.25) is 4.90 Å². The summed E-state index contributed by atoms with van der Waals surface area (Å²) in [5, 5.41) is 3.43. The Labute approximate surface area is 107 Å². The van der Waals surface area contributed by atoms with Crippen LogP contribution in [0.3, 0.4) is 0 Å². The lowest BCUT2D eigenvalue weighted by atomic mass is 10.2. The lowest BCUT2D eigenvalue weighted by Crippen LogP contribution is -2.28. The van der Waals surface area contributed by atoms with E-state index in [9.17, 15) is 0 Å². The molecule has 18 heavy (non-hydrogen) atoms. The monoisotopic (exact) mass is 244 g/mol. The molecule has 0 spiro atoms. The molecule has 0 amide bonds. The summed E-state index contributed by atoms with van der Waals surface area (Å²) in [5.74, 6) is 1.08. The van der Waals surface area contributed by atoms with E-state index >= 15 is 0 Å². The maximum atomic E-state index is 4.72. The van der Waals surface area contributed by atoms with Crippen molar-refractivity contribution in [2.24, 2.45) is 0 Å². The van der Waals surface area contributed by atoms with Crippen LogP contribution in [-0.4, -0.2) is 41.0 Å². The van der Waals surface area contributed by atoms with Crippen LogP contribution >= 0.6 is 0 Å². The molecular weight excluding hydrogens is 224 g/mol. The summed E-state index contributed by atoms with van der Waals surface area (Å²) in [7, 11) is 0. The minimum absolute atomic E-state index is 0.926. The smallest absolute Gasteiger partial charge is 0.121 e. The van der Waals surface area contributed by atoms with Crippen LogP contribution in [0.2, 0.25) is 0 Å². The lowest BCUT2D eigenvalue weighted by molar-refractivity contribution is 0.278. The SMILES string of the molecule is Cc1cccc2[nH]c(CN3CCCNCC3)nc12. The third-order valence-electron chi connectivity index (χ3n) is 3.57. The number of imidazole rings is 1. The minimum atomic E-state index is 0.926. The summed E-state index contributed by atoms with van der Waals surface area (Å²) in [6.07, 6.45) is 1.22. The molecule has 1 fully saturated rings. The van der Waals surface area contributed by atoms with Gasteiger partial charge in [0, 0.05) is 13.1 Å². The average molecular weight is 244 g/mol. The molecule has 0 radical (unpaired) electrons. The first-order chi connectivity index (χ1) is 8.83. The Morgan fingerprint density at radius 1 is 1.28 bits per heavy atom. The number of aromatic nitrogens is 2. The third-order valence-corrected chi connectivity index (χ3v) is 3.57. The van der Waals surface area contributed by atoms with Crippen molar-refractivity contribution in [2.75, 3.05) is 26.2 Å². The molecule has 4 heteroatoms. The van der Waals surface area contributed by atoms with Crippen molar-refractivity contribution in [2.45, 2.75) is 19.9 Å². The van der Waals surface area contributed by atoms with Crippen molar-refractivity contribution in [3.8, 4) is 0 Å². The standard InChI is InChI=1S/C14H20N4/c1-11-4-2-5-12-14(11)17-13(16-12)10-18-8-3-6-15-7-9-18/h2,4-5,15H,3,6-10H2,1H3,(H,16,17). The van der Waals surface area contributed by atoms with E-state index in [1.165, 1.54) is 12.0 Å². The zero-order valence-corrected chi connectivity index (χ0v) is 10.9. The number of rotatable bonds is 2. The third kappa shape index (κ3) is 2.40. The van der Waals surface area contributed by atoms with Gasteiger partial charge in [0.2, 0.25) is 0 Å². The quantitative estimate of drug-likeness (QED) is 0.844. The van der Waals surface area contributed by atoms with Gasteiger partial charge in [0.25, 0.3) is 0 Å². The van der Waals surface area contributed by atoms with Crippen LogP contribution in [0.15, 0.2) is 18.2 Å². The predicted octanol–water partition coefficient (Wildman–Crippen LogP) is 1.67. The average Bonchev–Trinajstić information content (AvgIpc) is 2.60. The first-order valence-corrected chi connectivity index (χ1v) is 6.70. The molecule has 1 aromatic carbocycles. The van der Waals surface area contributed by atoms with Crippen molar-refractivity contribution in [3.63, 3.8) is 0 Å². The number of benzene rings is 1. The number of H-pyrrole nitrogens is 1. The second-order valence-corrected chi connectivity index (χ2v) is 5.03. The highest BCUT2D eigenvalue weighted by atomic mass is 15.2. The molecule has 1 aliphatic rings. The molecule has 0 saturated carbocycles. The van der Waals surface area contributed by atoms with Gasteiger partial charge in [-0.2, -0.15) is 0 Å². The Hall–Kier alpha value is -1.39. The lowest BCUT2D eigenvalue weighted by Gasteiger charge is -2.17. The number of hydrogen-bond acceptors (Lipinski definition) is 3. The van der Waals surface area contributed by atoms with Crippen LogP contribution in [-0.2, 0) is 6.54 Å². The van der Waals surface area contributed by atoms with E-state index in [0.717, 1.165) is 49.6 Å². The molecule has 1 aromatic heterocycles. The molecule has 1 saturated heterocycles. The Bertz CT molecular complexity index is 524. The molecule has 2 N–H and O–H groups in total. The summed E-state index contributed by atoms with van der Waals surface area (Å²) in [6.45, 7) is 7.52. The molecule has 3 rings (SSSR count). The first-order valence-electron chi connectivity index (χ1n) is 6.70. The van der Waals surface area contributed by atoms with Crippen molar-refractivity contribution in [1.29, 1.82) is 0 Å². The second-order valence-electron chi connectivity index (χ2n) is 5.03. The van der Waals surface area contributed by atoms with E-state index in [1.807, 2.05) is 0 Å². The predicted molar refractivity (Wildman–Crippen MR) is 73.6 cm³/mol. The Balaban J connectivity index is 1.79. The van der Waals surface area contributed by atoms with Gasteiger partial charge in [0.1, 0.15) is 5.82 Å². The minimum Gasteiger partial charge on any atom is -0.341 e. The van der Waals surface area contributed by atoms with E-state index in [0.29, 0.717) is 0 Å². The summed E-state index contributed by atoms with van der Waals surface area (Å²) >= 11 is 0. The van der Waals surface area contributed by atoms with Gasteiger partial charge in [-0.15, -0.1) is 0 Å². The molecule has 4 nitrogen and oxygen atoms in total. The fourth-order valence-corrected chi connectivity index (χ4v) is 2.57. The second kappa shape index (κ2) is 5.08. The van der Waals surface area contributed by atoms with Crippen LogP contribution in [0.5, 0.6) is 0 Å². The molecule has 0 unspecified atom stereocenters. The van der Waals surface area contributed by atoms with Crippen LogP contribution in [0.25, 0.3) is 11.0 Å². The molecule has 0 atom stereocenters. The number of fused-ring (bicyclic) bond motifs is 1. The largest absolute Gasteiger partial charge is 0.341 e. The van der Waals surface area contributed by atoms with Crippen LogP contribution in [0.1, 0.15) is 17.8 Å². The topological polar surface area (TPSA) is 44.0 Å². The van der Waals surface area contributed by atoms with Gasteiger partial charge in [0.05, 0.1) is 17.6 Å². The normalized spacial score (nSPS) is 18.1. The van der Waals surface area contributed by atoms with Crippen molar-refractivity contribution in [3.05, 3.63) is 29.6 Å². The van der Waals surface area contributed by atoms with Crippen molar-refractivity contribution < 1.29 is 0 Å². The molecular formula is C14H20N4.